The molecule has 2 aromatic rings. The van der Waals surface area contributed by atoms with E-state index in [2.05, 4.69) is 15.8 Å². The molecule has 0 aliphatic rings. The zero-order chi connectivity index (χ0) is 22.5. The number of anilines is 2. The number of benzene rings is 1. The number of hydrogen-bond acceptors (Lipinski definition) is 7. The van der Waals surface area contributed by atoms with E-state index in [1.165, 1.54) is 12.1 Å². The summed E-state index contributed by atoms with van der Waals surface area (Å²) < 4.78 is 15.3. The van der Waals surface area contributed by atoms with Crippen molar-refractivity contribution in [3.05, 3.63) is 41.6 Å². The maximum atomic E-state index is 12.2. The van der Waals surface area contributed by atoms with E-state index in [1.807, 2.05) is 20.8 Å². The summed E-state index contributed by atoms with van der Waals surface area (Å²) in [7, 11) is 0. The van der Waals surface area contributed by atoms with Crippen molar-refractivity contribution < 1.29 is 28.4 Å². The average Bonchev–Trinajstić information content (AvgIpc) is 3.07. The molecule has 0 fully saturated rings. The second-order valence-corrected chi connectivity index (χ2v) is 8.66. The molecule has 0 aliphatic carbocycles. The van der Waals surface area contributed by atoms with Gasteiger partial charge in [-0.25, -0.2) is 9.59 Å². The van der Waals surface area contributed by atoms with Crippen LogP contribution in [0.15, 0.2) is 34.9 Å². The van der Waals surface area contributed by atoms with Crippen LogP contribution >= 0.6 is 0 Å². The van der Waals surface area contributed by atoms with Gasteiger partial charge in [-0.2, -0.15) is 0 Å². The molecule has 1 aromatic carbocycles. The average molecular weight is 417 g/mol. The summed E-state index contributed by atoms with van der Waals surface area (Å²) in [5.74, 6) is -1.11. The van der Waals surface area contributed by atoms with Crippen molar-refractivity contribution >= 4 is 29.5 Å². The minimum atomic E-state index is -0.717. The van der Waals surface area contributed by atoms with Gasteiger partial charge < -0.3 is 14.0 Å². The molecule has 0 saturated heterocycles. The molecule has 0 saturated carbocycles. The lowest BCUT2D eigenvalue weighted by molar-refractivity contribution is -0.119. The number of nitrogens with one attached hydrogen (secondary N) is 2. The smallest absolute Gasteiger partial charge is 0.412 e. The number of hydrogen-bond donors (Lipinski definition) is 2. The van der Waals surface area contributed by atoms with Crippen molar-refractivity contribution in [1.29, 1.82) is 0 Å². The monoisotopic (exact) mass is 417 g/mol. The molecule has 0 spiro atoms. The lowest BCUT2D eigenvalue weighted by Gasteiger charge is -2.19. The molecule has 2 N–H and O–H groups in total. The molecule has 9 nitrogen and oxygen atoms in total. The highest BCUT2D eigenvalue weighted by Gasteiger charge is 2.20. The Morgan fingerprint density at radius 3 is 2.33 bits per heavy atom. The van der Waals surface area contributed by atoms with Gasteiger partial charge in [0.25, 0.3) is 5.91 Å². The van der Waals surface area contributed by atoms with Crippen molar-refractivity contribution in [3.8, 4) is 0 Å². The van der Waals surface area contributed by atoms with Crippen molar-refractivity contribution in [2.75, 3.05) is 17.2 Å². The molecule has 2 rings (SSSR count). The van der Waals surface area contributed by atoms with Gasteiger partial charge in [-0.1, -0.05) is 32.0 Å². The Morgan fingerprint density at radius 1 is 1.03 bits per heavy atom. The highest BCUT2D eigenvalue weighted by Crippen LogP contribution is 2.23. The molecule has 0 radical (unpaired) electrons. The first kappa shape index (κ1) is 22.9. The van der Waals surface area contributed by atoms with Crippen molar-refractivity contribution in [3.63, 3.8) is 0 Å². The minimum Gasteiger partial charge on any atom is -0.452 e. The van der Waals surface area contributed by atoms with Gasteiger partial charge in [0.2, 0.25) is 5.88 Å². The molecule has 30 heavy (non-hydrogen) atoms. The molecule has 1 heterocycles. The number of ether oxygens (including phenoxy) is 2. The third-order valence-corrected chi connectivity index (χ3v) is 3.62. The number of rotatable bonds is 5. The van der Waals surface area contributed by atoms with Crippen LogP contribution in [-0.2, 0) is 19.7 Å². The summed E-state index contributed by atoms with van der Waals surface area (Å²) in [6, 6.07) is 7.73. The van der Waals surface area contributed by atoms with Gasteiger partial charge in [-0.15, -0.1) is 0 Å². The summed E-state index contributed by atoms with van der Waals surface area (Å²) in [6.07, 6.45) is -0.644. The van der Waals surface area contributed by atoms with Crippen LogP contribution in [0.1, 0.15) is 57.6 Å². The van der Waals surface area contributed by atoms with E-state index in [4.69, 9.17) is 14.0 Å². The SMILES string of the molecule is CC(C)(C)OC(=O)Nc1cccc(C(=O)OCC(=O)Nc2cc(C(C)(C)C)no2)c1. The summed E-state index contributed by atoms with van der Waals surface area (Å²) >= 11 is 0. The normalized spacial score (nSPS) is 11.5. The number of carbonyl (C=O) groups is 3. The van der Waals surface area contributed by atoms with Crippen molar-refractivity contribution in [1.82, 2.24) is 5.16 Å². The van der Waals surface area contributed by atoms with Crippen LogP contribution in [0.3, 0.4) is 0 Å². The minimum absolute atomic E-state index is 0.171. The fourth-order valence-corrected chi connectivity index (χ4v) is 2.22. The topological polar surface area (TPSA) is 120 Å². The van der Waals surface area contributed by atoms with Crippen LogP contribution in [0.5, 0.6) is 0 Å². The fourth-order valence-electron chi connectivity index (χ4n) is 2.22. The molecule has 0 atom stereocenters. The predicted molar refractivity (Wildman–Crippen MR) is 110 cm³/mol. The molecule has 2 amide bonds. The lowest BCUT2D eigenvalue weighted by atomic mass is 9.92. The third-order valence-electron chi connectivity index (χ3n) is 3.62. The van der Waals surface area contributed by atoms with E-state index < -0.39 is 30.2 Å². The Bertz CT molecular complexity index is 921. The number of nitrogens with zero attached hydrogens (tertiary/aromatic N) is 1. The molecule has 0 bridgehead atoms. The second kappa shape index (κ2) is 8.98. The van der Waals surface area contributed by atoms with Gasteiger partial charge in [-0.3, -0.25) is 15.4 Å². The first-order valence-corrected chi connectivity index (χ1v) is 9.38. The van der Waals surface area contributed by atoms with Crippen LogP contribution in [0.25, 0.3) is 0 Å². The highest BCUT2D eigenvalue weighted by molar-refractivity contribution is 5.96. The zero-order valence-electron chi connectivity index (χ0n) is 18.0. The third kappa shape index (κ3) is 7.23. The molecule has 162 valence electrons. The van der Waals surface area contributed by atoms with Gasteiger partial charge in [0.1, 0.15) is 5.60 Å². The highest BCUT2D eigenvalue weighted by atomic mass is 16.6. The Morgan fingerprint density at radius 2 is 1.73 bits per heavy atom. The van der Waals surface area contributed by atoms with Crippen LogP contribution in [-0.4, -0.2) is 35.3 Å². The van der Waals surface area contributed by atoms with Gasteiger partial charge in [0.15, 0.2) is 6.61 Å². The molecule has 0 aliphatic heterocycles. The van der Waals surface area contributed by atoms with E-state index in [0.717, 1.165) is 0 Å². The Labute approximate surface area is 175 Å². The molecular formula is C21H27N3O6. The molecule has 1 aromatic heterocycles. The lowest BCUT2D eigenvalue weighted by Crippen LogP contribution is -2.27. The predicted octanol–water partition coefficient (Wildman–Crippen LogP) is 4.11. The standard InChI is InChI=1S/C21H27N3O6/c1-20(2,3)15-11-17(30-24-15)23-16(25)12-28-18(26)13-8-7-9-14(10-13)22-19(27)29-21(4,5)6/h7-11H,12H2,1-6H3,(H,22,27)(H,23,25). The first-order valence-electron chi connectivity index (χ1n) is 9.38. The van der Waals surface area contributed by atoms with E-state index in [-0.39, 0.29) is 16.9 Å². The number of carbonyl (C=O) groups excluding carboxylic acids is 3. The Balaban J connectivity index is 1.89. The molecular weight excluding hydrogens is 390 g/mol. The van der Waals surface area contributed by atoms with E-state index in [9.17, 15) is 14.4 Å². The summed E-state index contributed by atoms with van der Waals surface area (Å²) in [5, 5.41) is 8.92. The van der Waals surface area contributed by atoms with Crippen LogP contribution < -0.4 is 10.6 Å². The Hall–Kier alpha value is -3.36. The van der Waals surface area contributed by atoms with Crippen molar-refractivity contribution in [2.24, 2.45) is 0 Å². The summed E-state index contributed by atoms with van der Waals surface area (Å²) in [4.78, 5) is 36.1. The first-order chi connectivity index (χ1) is 13.8. The maximum Gasteiger partial charge on any atom is 0.412 e. The molecule has 0 unspecified atom stereocenters. The fraction of sp³-hybridized carbons (Fsp3) is 0.429. The van der Waals surface area contributed by atoms with Gasteiger partial charge in [-0.05, 0) is 39.0 Å². The quantitative estimate of drug-likeness (QED) is 0.702. The largest absolute Gasteiger partial charge is 0.452 e. The number of aromatic nitrogens is 1. The van der Waals surface area contributed by atoms with Crippen LogP contribution in [0.2, 0.25) is 0 Å². The second-order valence-electron chi connectivity index (χ2n) is 8.66. The van der Waals surface area contributed by atoms with Gasteiger partial charge in [0, 0.05) is 17.2 Å². The van der Waals surface area contributed by atoms with E-state index >= 15 is 0 Å². The van der Waals surface area contributed by atoms with Gasteiger partial charge >= 0.3 is 12.1 Å². The van der Waals surface area contributed by atoms with Crippen LogP contribution in [0, 0.1) is 0 Å². The number of amides is 2. The zero-order valence-corrected chi connectivity index (χ0v) is 18.0. The van der Waals surface area contributed by atoms with E-state index in [0.29, 0.717) is 11.4 Å². The van der Waals surface area contributed by atoms with Crippen molar-refractivity contribution in [2.45, 2.75) is 52.6 Å². The summed E-state index contributed by atoms with van der Waals surface area (Å²) in [6.45, 7) is 10.6. The molecule has 9 heteroatoms. The van der Waals surface area contributed by atoms with E-state index in [1.54, 1.807) is 39.0 Å². The number of esters is 1. The summed E-state index contributed by atoms with van der Waals surface area (Å²) in [5.41, 5.74) is 0.345. The van der Waals surface area contributed by atoms with Gasteiger partial charge in [0.05, 0.1) is 11.3 Å². The van der Waals surface area contributed by atoms with Crippen LogP contribution in [0.4, 0.5) is 16.4 Å². The Kier molecular flexibility index (Phi) is 6.86. The maximum absolute atomic E-state index is 12.2.